The lowest BCUT2D eigenvalue weighted by molar-refractivity contribution is 0.0974. The Morgan fingerprint density at radius 2 is 1.73 bits per heavy atom. The molecule has 0 aliphatic heterocycles. The maximum absolute atomic E-state index is 13.1. The molecule has 0 aliphatic carbocycles. The Hall–Kier alpha value is -3.93. The van der Waals surface area contributed by atoms with Crippen molar-refractivity contribution in [2.75, 3.05) is 16.7 Å². The van der Waals surface area contributed by atoms with Gasteiger partial charge in [-0.25, -0.2) is 8.42 Å². The SMILES string of the molecule is CC(=O)c1c(C)oc(NC(=O)c2cnn(C)c2N(C)S(=O)(=O)c2ccc(C)cc2)c1C(N)=O. The molecule has 174 valence electrons. The lowest BCUT2D eigenvalue weighted by atomic mass is 10.1. The normalized spacial score (nSPS) is 11.3. The molecule has 2 heterocycles. The number of aryl methyl sites for hydroxylation is 3. The molecule has 3 N–H and O–H groups in total. The van der Waals surface area contributed by atoms with Crippen molar-refractivity contribution in [3.05, 3.63) is 58.5 Å². The van der Waals surface area contributed by atoms with Crippen LogP contribution in [0.4, 0.5) is 11.7 Å². The number of nitrogens with zero attached hydrogens (tertiary/aromatic N) is 3. The number of sulfonamides is 1. The van der Waals surface area contributed by atoms with E-state index in [2.05, 4.69) is 10.4 Å². The second kappa shape index (κ2) is 8.54. The van der Waals surface area contributed by atoms with Crippen molar-refractivity contribution in [1.82, 2.24) is 9.78 Å². The molecule has 0 radical (unpaired) electrons. The minimum atomic E-state index is -4.02. The minimum absolute atomic E-state index is 0.0243. The zero-order valence-electron chi connectivity index (χ0n) is 18.7. The highest BCUT2D eigenvalue weighted by Crippen LogP contribution is 2.30. The maximum Gasteiger partial charge on any atom is 0.265 e. The number of amides is 2. The molecule has 33 heavy (non-hydrogen) atoms. The van der Waals surface area contributed by atoms with Gasteiger partial charge in [0, 0.05) is 14.1 Å². The lowest BCUT2D eigenvalue weighted by Gasteiger charge is -2.20. The number of benzene rings is 1. The summed E-state index contributed by atoms with van der Waals surface area (Å²) in [6, 6.07) is 6.25. The summed E-state index contributed by atoms with van der Waals surface area (Å²) in [5.41, 5.74) is 5.87. The van der Waals surface area contributed by atoms with Crippen LogP contribution in [0.15, 0.2) is 39.8 Å². The molecular formula is C21H23N5O6S. The Bertz CT molecular complexity index is 1370. The van der Waals surface area contributed by atoms with Gasteiger partial charge in [0.2, 0.25) is 5.88 Å². The number of carbonyl (C=O) groups excluding carboxylic acids is 3. The molecule has 0 atom stereocenters. The Morgan fingerprint density at radius 1 is 1.12 bits per heavy atom. The van der Waals surface area contributed by atoms with Crippen LogP contribution in [0.3, 0.4) is 0 Å². The molecule has 11 nitrogen and oxygen atoms in total. The molecule has 0 aliphatic rings. The number of nitrogens with one attached hydrogen (secondary N) is 1. The van der Waals surface area contributed by atoms with Crippen molar-refractivity contribution >= 4 is 39.3 Å². The molecule has 1 aromatic carbocycles. The van der Waals surface area contributed by atoms with Crippen LogP contribution < -0.4 is 15.4 Å². The highest BCUT2D eigenvalue weighted by Gasteiger charge is 2.31. The molecule has 0 unspecified atom stereocenters. The third-order valence-corrected chi connectivity index (χ3v) is 6.80. The number of rotatable bonds is 7. The zero-order chi connectivity index (χ0) is 24.7. The van der Waals surface area contributed by atoms with E-state index in [1.165, 1.54) is 51.0 Å². The molecule has 0 spiro atoms. The first-order chi connectivity index (χ1) is 15.4. The van der Waals surface area contributed by atoms with Crippen LogP contribution in [-0.4, -0.2) is 42.8 Å². The summed E-state index contributed by atoms with van der Waals surface area (Å²) < 4.78 is 33.8. The number of anilines is 2. The fourth-order valence-corrected chi connectivity index (χ4v) is 4.65. The van der Waals surface area contributed by atoms with Crippen LogP contribution in [0.2, 0.25) is 0 Å². The van der Waals surface area contributed by atoms with Gasteiger partial charge in [-0.3, -0.25) is 28.7 Å². The molecule has 3 rings (SSSR count). The highest BCUT2D eigenvalue weighted by molar-refractivity contribution is 7.92. The van der Waals surface area contributed by atoms with E-state index in [1.54, 1.807) is 12.1 Å². The zero-order valence-corrected chi connectivity index (χ0v) is 19.5. The van der Waals surface area contributed by atoms with Gasteiger partial charge in [-0.05, 0) is 32.9 Å². The summed E-state index contributed by atoms with van der Waals surface area (Å²) in [6.45, 7) is 4.52. The Labute approximate surface area is 190 Å². The lowest BCUT2D eigenvalue weighted by Crippen LogP contribution is -2.30. The van der Waals surface area contributed by atoms with E-state index >= 15 is 0 Å². The van der Waals surface area contributed by atoms with Crippen LogP contribution >= 0.6 is 0 Å². The van der Waals surface area contributed by atoms with E-state index < -0.39 is 27.6 Å². The molecule has 12 heteroatoms. The predicted molar refractivity (Wildman–Crippen MR) is 120 cm³/mol. The number of carbonyl (C=O) groups is 3. The molecule has 3 aromatic rings. The van der Waals surface area contributed by atoms with Gasteiger partial charge in [0.25, 0.3) is 21.8 Å². The first-order valence-electron chi connectivity index (χ1n) is 9.69. The largest absolute Gasteiger partial charge is 0.444 e. The van der Waals surface area contributed by atoms with E-state index in [0.717, 1.165) is 9.87 Å². The van der Waals surface area contributed by atoms with E-state index in [0.29, 0.717) is 0 Å². The van der Waals surface area contributed by atoms with Gasteiger partial charge in [-0.15, -0.1) is 0 Å². The number of nitrogens with two attached hydrogens (primary N) is 1. The van der Waals surface area contributed by atoms with E-state index in [1.807, 2.05) is 6.92 Å². The molecule has 0 saturated heterocycles. The first kappa shape index (κ1) is 23.7. The van der Waals surface area contributed by atoms with Crippen LogP contribution in [-0.2, 0) is 17.1 Å². The van der Waals surface area contributed by atoms with Crippen molar-refractivity contribution in [3.63, 3.8) is 0 Å². The van der Waals surface area contributed by atoms with Gasteiger partial charge in [0.1, 0.15) is 16.9 Å². The quantitative estimate of drug-likeness (QED) is 0.497. The van der Waals surface area contributed by atoms with Gasteiger partial charge in [0.15, 0.2) is 11.6 Å². The molecule has 0 bridgehead atoms. The van der Waals surface area contributed by atoms with Gasteiger partial charge in [-0.1, -0.05) is 17.7 Å². The van der Waals surface area contributed by atoms with Crippen molar-refractivity contribution in [1.29, 1.82) is 0 Å². The number of hydrogen-bond acceptors (Lipinski definition) is 7. The Kier molecular flexibility index (Phi) is 6.14. The van der Waals surface area contributed by atoms with Crippen LogP contribution in [0, 0.1) is 13.8 Å². The summed E-state index contributed by atoms with van der Waals surface area (Å²) >= 11 is 0. The standard InChI is InChI=1S/C21H23N5O6S/c1-11-6-8-14(9-7-11)33(30,31)26(5)21-15(10-23-25(21)4)19(29)24-20-17(18(22)28)16(12(2)27)13(3)32-20/h6-10H,1-5H3,(H2,22,28)(H,24,29). The van der Waals surface area contributed by atoms with Crippen LogP contribution in [0.5, 0.6) is 0 Å². The molecule has 2 aromatic heterocycles. The highest BCUT2D eigenvalue weighted by atomic mass is 32.2. The third kappa shape index (κ3) is 4.24. The smallest absolute Gasteiger partial charge is 0.265 e. The summed E-state index contributed by atoms with van der Waals surface area (Å²) in [5.74, 6) is -2.46. The Balaban J connectivity index is 2.02. The summed E-state index contributed by atoms with van der Waals surface area (Å²) in [5, 5.41) is 6.40. The molecule has 0 saturated carbocycles. The second-order valence-electron chi connectivity index (χ2n) is 7.40. The minimum Gasteiger partial charge on any atom is -0.444 e. The summed E-state index contributed by atoms with van der Waals surface area (Å²) in [6.07, 6.45) is 1.18. The topological polar surface area (TPSA) is 158 Å². The number of hydrogen-bond donors (Lipinski definition) is 2. The van der Waals surface area contributed by atoms with Gasteiger partial charge >= 0.3 is 0 Å². The van der Waals surface area contributed by atoms with E-state index in [9.17, 15) is 22.8 Å². The number of ketones is 1. The van der Waals surface area contributed by atoms with Gasteiger partial charge in [-0.2, -0.15) is 5.10 Å². The van der Waals surface area contributed by atoms with Crippen molar-refractivity contribution < 1.29 is 27.2 Å². The fourth-order valence-electron chi connectivity index (χ4n) is 3.41. The maximum atomic E-state index is 13.1. The van der Waals surface area contributed by atoms with Crippen molar-refractivity contribution in [3.8, 4) is 0 Å². The van der Waals surface area contributed by atoms with E-state index in [-0.39, 0.29) is 39.0 Å². The summed E-state index contributed by atoms with van der Waals surface area (Å²) in [4.78, 5) is 36.9. The first-order valence-corrected chi connectivity index (χ1v) is 11.1. The van der Waals surface area contributed by atoms with Crippen molar-refractivity contribution in [2.45, 2.75) is 25.7 Å². The fraction of sp³-hybridized carbons (Fsp3) is 0.238. The summed E-state index contributed by atoms with van der Waals surface area (Å²) in [7, 11) is -1.24. The number of primary amides is 1. The Morgan fingerprint density at radius 3 is 2.27 bits per heavy atom. The van der Waals surface area contributed by atoms with Crippen molar-refractivity contribution in [2.24, 2.45) is 12.8 Å². The number of aromatic nitrogens is 2. The molecule has 2 amide bonds. The molecular weight excluding hydrogens is 450 g/mol. The average Bonchev–Trinajstić information content (AvgIpc) is 3.27. The van der Waals surface area contributed by atoms with Gasteiger partial charge < -0.3 is 10.2 Å². The van der Waals surface area contributed by atoms with Crippen LogP contribution in [0.1, 0.15) is 49.3 Å². The number of furan rings is 1. The third-order valence-electron chi connectivity index (χ3n) is 5.04. The number of Topliss-reactive ketones (excluding diaryl/α,β-unsaturated/α-hetero) is 1. The second-order valence-corrected chi connectivity index (χ2v) is 9.37. The average molecular weight is 474 g/mol. The van der Waals surface area contributed by atoms with Crippen LogP contribution in [0.25, 0.3) is 0 Å². The monoisotopic (exact) mass is 473 g/mol. The van der Waals surface area contributed by atoms with E-state index in [4.69, 9.17) is 10.2 Å². The van der Waals surface area contributed by atoms with Gasteiger partial charge in [0.05, 0.1) is 16.7 Å². The molecule has 0 fully saturated rings. The predicted octanol–water partition coefficient (Wildman–Crippen LogP) is 2.01.